The molecule has 98 valence electrons. The molecule has 2 N–H and O–H groups in total. The van der Waals surface area contributed by atoms with Gasteiger partial charge in [0.05, 0.1) is 6.42 Å². The van der Waals surface area contributed by atoms with Gasteiger partial charge in [0.1, 0.15) is 0 Å². The van der Waals surface area contributed by atoms with Gasteiger partial charge in [-0.2, -0.15) is 0 Å². The molecule has 4 nitrogen and oxygen atoms in total. The predicted octanol–water partition coefficient (Wildman–Crippen LogP) is 1.98. The van der Waals surface area contributed by atoms with Gasteiger partial charge in [0, 0.05) is 31.7 Å². The highest BCUT2D eigenvalue weighted by atomic mass is 16.1. The van der Waals surface area contributed by atoms with E-state index in [0.29, 0.717) is 13.0 Å². The molecule has 0 unspecified atom stereocenters. The lowest BCUT2D eigenvalue weighted by Crippen LogP contribution is -2.20. The van der Waals surface area contributed by atoms with Crippen molar-refractivity contribution in [3.8, 4) is 0 Å². The van der Waals surface area contributed by atoms with Crippen LogP contribution in [0.4, 0.5) is 5.69 Å². The Bertz CT molecular complexity index is 540. The SMILES string of the molecule is CNC(=O)Cc1ccccc1NCc1cccnc1. The number of aromatic nitrogens is 1. The monoisotopic (exact) mass is 255 g/mol. The summed E-state index contributed by atoms with van der Waals surface area (Å²) in [5, 5.41) is 5.98. The Kier molecular flexibility index (Phi) is 4.50. The molecule has 19 heavy (non-hydrogen) atoms. The maximum atomic E-state index is 11.5. The summed E-state index contributed by atoms with van der Waals surface area (Å²) in [7, 11) is 1.65. The van der Waals surface area contributed by atoms with Crippen LogP contribution >= 0.6 is 0 Å². The van der Waals surface area contributed by atoms with Crippen molar-refractivity contribution >= 4 is 11.6 Å². The summed E-state index contributed by atoms with van der Waals surface area (Å²) in [4.78, 5) is 15.5. The predicted molar refractivity (Wildman–Crippen MR) is 75.8 cm³/mol. The number of hydrogen-bond donors (Lipinski definition) is 2. The largest absolute Gasteiger partial charge is 0.381 e. The lowest BCUT2D eigenvalue weighted by molar-refractivity contribution is -0.119. The number of pyridine rings is 1. The molecule has 0 aliphatic heterocycles. The third kappa shape index (κ3) is 3.81. The molecule has 1 amide bonds. The first-order valence-electron chi connectivity index (χ1n) is 6.21. The van der Waals surface area contributed by atoms with E-state index in [9.17, 15) is 4.79 Å². The molecule has 0 atom stereocenters. The molecule has 4 heteroatoms. The number of nitrogens with one attached hydrogen (secondary N) is 2. The number of rotatable bonds is 5. The van der Waals surface area contributed by atoms with Gasteiger partial charge in [-0.3, -0.25) is 9.78 Å². The maximum absolute atomic E-state index is 11.5. The average molecular weight is 255 g/mol. The average Bonchev–Trinajstić information content (AvgIpc) is 2.47. The Balaban J connectivity index is 2.05. The summed E-state index contributed by atoms with van der Waals surface area (Å²) in [5.74, 6) is 0.00984. The van der Waals surface area contributed by atoms with Crippen molar-refractivity contribution in [1.29, 1.82) is 0 Å². The zero-order chi connectivity index (χ0) is 13.5. The van der Waals surface area contributed by atoms with Crippen LogP contribution in [0.1, 0.15) is 11.1 Å². The van der Waals surface area contributed by atoms with Crippen LogP contribution in [0.3, 0.4) is 0 Å². The second-order valence-corrected chi connectivity index (χ2v) is 4.22. The summed E-state index contributed by atoms with van der Waals surface area (Å²) < 4.78 is 0. The quantitative estimate of drug-likeness (QED) is 0.859. The van der Waals surface area contributed by atoms with Gasteiger partial charge >= 0.3 is 0 Å². The van der Waals surface area contributed by atoms with Crippen LogP contribution < -0.4 is 10.6 Å². The number of nitrogens with zero attached hydrogens (tertiary/aromatic N) is 1. The van der Waals surface area contributed by atoms with Gasteiger partial charge in [0.25, 0.3) is 0 Å². The van der Waals surface area contributed by atoms with Gasteiger partial charge in [-0.05, 0) is 23.3 Å². The summed E-state index contributed by atoms with van der Waals surface area (Å²) >= 11 is 0. The van der Waals surface area contributed by atoms with E-state index in [4.69, 9.17) is 0 Å². The number of carbonyl (C=O) groups excluding carboxylic acids is 1. The van der Waals surface area contributed by atoms with Crippen LogP contribution in [0.15, 0.2) is 48.8 Å². The van der Waals surface area contributed by atoms with Crippen molar-refractivity contribution in [1.82, 2.24) is 10.3 Å². The zero-order valence-corrected chi connectivity index (χ0v) is 10.9. The molecule has 0 spiro atoms. The molecular weight excluding hydrogens is 238 g/mol. The van der Waals surface area contributed by atoms with Gasteiger partial charge in [0.2, 0.25) is 5.91 Å². The van der Waals surface area contributed by atoms with Gasteiger partial charge in [-0.15, -0.1) is 0 Å². The molecule has 1 aromatic heterocycles. The molecule has 1 heterocycles. The van der Waals surface area contributed by atoms with Crippen LogP contribution in [-0.2, 0) is 17.8 Å². The number of amides is 1. The fourth-order valence-electron chi connectivity index (χ4n) is 1.81. The van der Waals surface area contributed by atoms with Crippen molar-refractivity contribution in [3.63, 3.8) is 0 Å². The van der Waals surface area contributed by atoms with Gasteiger partial charge < -0.3 is 10.6 Å². The lowest BCUT2D eigenvalue weighted by Gasteiger charge is -2.11. The summed E-state index contributed by atoms with van der Waals surface area (Å²) in [6.07, 6.45) is 3.96. The van der Waals surface area contributed by atoms with Crippen molar-refractivity contribution in [2.45, 2.75) is 13.0 Å². The summed E-state index contributed by atoms with van der Waals surface area (Å²) in [6, 6.07) is 11.8. The number of benzene rings is 1. The van der Waals surface area contributed by atoms with Crippen molar-refractivity contribution in [2.75, 3.05) is 12.4 Å². The molecule has 0 saturated carbocycles. The first-order chi connectivity index (χ1) is 9.29. The summed E-state index contributed by atoms with van der Waals surface area (Å²) in [5.41, 5.74) is 3.08. The Hall–Kier alpha value is -2.36. The minimum Gasteiger partial charge on any atom is -0.381 e. The maximum Gasteiger partial charge on any atom is 0.224 e. The highest BCUT2D eigenvalue weighted by molar-refractivity contribution is 5.80. The highest BCUT2D eigenvalue weighted by Crippen LogP contribution is 2.16. The molecule has 0 saturated heterocycles. The Morgan fingerprint density at radius 2 is 2.05 bits per heavy atom. The number of hydrogen-bond acceptors (Lipinski definition) is 3. The topological polar surface area (TPSA) is 54.0 Å². The van der Waals surface area contributed by atoms with Crippen LogP contribution in [0.25, 0.3) is 0 Å². The smallest absolute Gasteiger partial charge is 0.224 e. The van der Waals surface area contributed by atoms with E-state index in [1.54, 1.807) is 13.2 Å². The number of carbonyl (C=O) groups is 1. The molecule has 1 aromatic carbocycles. The minimum atomic E-state index is 0.00984. The van der Waals surface area contributed by atoms with Crippen molar-refractivity contribution in [2.24, 2.45) is 0 Å². The number of anilines is 1. The van der Waals surface area contributed by atoms with E-state index in [-0.39, 0.29) is 5.91 Å². The van der Waals surface area contributed by atoms with E-state index in [1.807, 2.05) is 42.6 Å². The first-order valence-corrected chi connectivity index (χ1v) is 6.21. The van der Waals surface area contributed by atoms with Gasteiger partial charge in [-0.25, -0.2) is 0 Å². The normalized spacial score (nSPS) is 9.95. The molecule has 0 aliphatic carbocycles. The van der Waals surface area contributed by atoms with Crippen molar-refractivity contribution in [3.05, 3.63) is 59.9 Å². The molecule has 0 fully saturated rings. The third-order valence-corrected chi connectivity index (χ3v) is 2.85. The Labute approximate surface area is 112 Å². The van der Waals surface area contributed by atoms with E-state index in [2.05, 4.69) is 15.6 Å². The fourth-order valence-corrected chi connectivity index (χ4v) is 1.81. The Morgan fingerprint density at radius 1 is 1.21 bits per heavy atom. The van der Waals surface area contributed by atoms with E-state index < -0.39 is 0 Å². The van der Waals surface area contributed by atoms with E-state index in [1.165, 1.54) is 0 Å². The van der Waals surface area contributed by atoms with Crippen LogP contribution in [0.5, 0.6) is 0 Å². The molecule has 0 bridgehead atoms. The summed E-state index contributed by atoms with van der Waals surface area (Å²) in [6.45, 7) is 0.693. The van der Waals surface area contributed by atoms with Crippen molar-refractivity contribution < 1.29 is 4.79 Å². The highest BCUT2D eigenvalue weighted by Gasteiger charge is 2.05. The van der Waals surface area contributed by atoms with Crippen LogP contribution in [0.2, 0.25) is 0 Å². The van der Waals surface area contributed by atoms with Crippen LogP contribution in [0, 0.1) is 0 Å². The lowest BCUT2D eigenvalue weighted by atomic mass is 10.1. The minimum absolute atomic E-state index is 0.00984. The van der Waals surface area contributed by atoms with Gasteiger partial charge in [0.15, 0.2) is 0 Å². The standard InChI is InChI=1S/C15H17N3O/c1-16-15(19)9-13-6-2-3-7-14(13)18-11-12-5-4-8-17-10-12/h2-8,10,18H,9,11H2,1H3,(H,16,19). The molecular formula is C15H17N3O. The second kappa shape index (κ2) is 6.54. The van der Waals surface area contributed by atoms with Gasteiger partial charge in [-0.1, -0.05) is 24.3 Å². The van der Waals surface area contributed by atoms with E-state index >= 15 is 0 Å². The van der Waals surface area contributed by atoms with Crippen LogP contribution in [-0.4, -0.2) is 17.9 Å². The second-order valence-electron chi connectivity index (χ2n) is 4.22. The molecule has 2 aromatic rings. The third-order valence-electron chi connectivity index (χ3n) is 2.85. The molecule has 0 aliphatic rings. The molecule has 0 radical (unpaired) electrons. The Morgan fingerprint density at radius 3 is 2.79 bits per heavy atom. The number of para-hydroxylation sites is 1. The van der Waals surface area contributed by atoms with E-state index in [0.717, 1.165) is 16.8 Å². The first kappa shape index (κ1) is 13.1. The number of likely N-dealkylation sites (N-methyl/N-ethyl adjacent to an activating group) is 1. The zero-order valence-electron chi connectivity index (χ0n) is 10.9. The molecule has 2 rings (SSSR count). The fraction of sp³-hybridized carbons (Fsp3) is 0.200.